The molecule has 3 aromatic carbocycles. The first-order valence-electron chi connectivity index (χ1n) is 8.48. The fraction of sp³-hybridized carbons (Fsp3) is 0.0909. The van der Waals surface area contributed by atoms with Crippen LogP contribution in [0.15, 0.2) is 71.2 Å². The molecule has 0 heterocycles. The van der Waals surface area contributed by atoms with Crippen LogP contribution in [0.4, 0.5) is 10.1 Å². The van der Waals surface area contributed by atoms with Gasteiger partial charge in [0.05, 0.1) is 5.69 Å². The van der Waals surface area contributed by atoms with E-state index in [-0.39, 0.29) is 11.3 Å². The minimum Gasteiger partial charge on any atom is -0.506 e. The second-order valence-electron chi connectivity index (χ2n) is 5.98. The summed E-state index contributed by atoms with van der Waals surface area (Å²) in [6.07, 6.45) is 1.72. The van der Waals surface area contributed by atoms with E-state index in [0.717, 1.165) is 22.6 Å². The van der Waals surface area contributed by atoms with E-state index in [1.807, 2.05) is 43.3 Å². The van der Waals surface area contributed by atoms with Crippen molar-refractivity contribution >= 4 is 34.4 Å². The summed E-state index contributed by atoms with van der Waals surface area (Å²) in [5.41, 5.74) is 1.38. The van der Waals surface area contributed by atoms with Crippen molar-refractivity contribution in [2.75, 3.05) is 0 Å². The van der Waals surface area contributed by atoms with E-state index in [1.165, 1.54) is 24.3 Å². The van der Waals surface area contributed by atoms with Crippen molar-refractivity contribution in [3.8, 4) is 0 Å². The maximum absolute atomic E-state index is 13.0. The molecule has 0 unspecified atom stereocenters. The van der Waals surface area contributed by atoms with Crippen molar-refractivity contribution in [3.63, 3.8) is 0 Å². The second-order valence-corrected chi connectivity index (χ2v) is 5.98. The van der Waals surface area contributed by atoms with Gasteiger partial charge < -0.3 is 10.2 Å². The summed E-state index contributed by atoms with van der Waals surface area (Å²) in [4.78, 5) is 15.8. The fourth-order valence-corrected chi connectivity index (χ4v) is 2.91. The van der Waals surface area contributed by atoms with Gasteiger partial charge in [-0.3, -0.25) is 4.99 Å². The lowest BCUT2D eigenvalue weighted by atomic mass is 9.94. The first kappa shape index (κ1) is 18.3. The van der Waals surface area contributed by atoms with Gasteiger partial charge in [0.25, 0.3) is 0 Å². The van der Waals surface area contributed by atoms with Gasteiger partial charge in [0.1, 0.15) is 17.1 Å². The van der Waals surface area contributed by atoms with E-state index in [0.29, 0.717) is 17.7 Å². The lowest BCUT2D eigenvalue weighted by molar-refractivity contribution is -0.132. The molecule has 0 aromatic heterocycles. The first-order valence-corrected chi connectivity index (χ1v) is 8.48. The number of carboxylic acid groups (broad SMARTS) is 1. The van der Waals surface area contributed by atoms with E-state index in [4.69, 9.17) is 0 Å². The van der Waals surface area contributed by atoms with Crippen LogP contribution in [-0.2, 0) is 11.2 Å². The Bertz CT molecular complexity index is 1050. The number of aliphatic hydroxyl groups excluding tert-OH is 1. The Balaban J connectivity index is 2.17. The molecule has 3 aromatic rings. The number of hydrogen-bond acceptors (Lipinski definition) is 3. The van der Waals surface area contributed by atoms with E-state index < -0.39 is 11.8 Å². The van der Waals surface area contributed by atoms with Gasteiger partial charge in [-0.1, -0.05) is 43.3 Å². The number of carbonyl (C=O) groups is 1. The van der Waals surface area contributed by atoms with Crippen LogP contribution in [0.2, 0.25) is 0 Å². The molecule has 27 heavy (non-hydrogen) atoms. The van der Waals surface area contributed by atoms with Crippen molar-refractivity contribution in [3.05, 3.63) is 83.2 Å². The van der Waals surface area contributed by atoms with Gasteiger partial charge in [-0.05, 0) is 47.0 Å². The summed E-state index contributed by atoms with van der Waals surface area (Å²) < 4.78 is 13.0. The average molecular weight is 363 g/mol. The molecule has 2 N–H and O–H groups in total. The molecule has 0 aliphatic rings. The van der Waals surface area contributed by atoms with Crippen LogP contribution >= 0.6 is 0 Å². The second kappa shape index (κ2) is 7.83. The zero-order valence-corrected chi connectivity index (χ0v) is 14.7. The zero-order valence-electron chi connectivity index (χ0n) is 14.7. The largest absolute Gasteiger partial charge is 0.506 e. The zero-order chi connectivity index (χ0) is 19.4. The maximum atomic E-state index is 13.0. The van der Waals surface area contributed by atoms with Gasteiger partial charge >= 0.3 is 5.97 Å². The highest BCUT2D eigenvalue weighted by molar-refractivity contribution is 6.16. The van der Waals surface area contributed by atoms with Crippen molar-refractivity contribution in [1.29, 1.82) is 0 Å². The molecule has 0 saturated heterocycles. The van der Waals surface area contributed by atoms with E-state index in [2.05, 4.69) is 4.99 Å². The predicted octanol–water partition coefficient (Wildman–Crippen LogP) is 5.30. The minimum absolute atomic E-state index is 0.328. The van der Waals surface area contributed by atoms with Gasteiger partial charge in [0.2, 0.25) is 0 Å². The molecule has 5 heteroatoms. The lowest BCUT2D eigenvalue weighted by Gasteiger charge is -2.13. The Labute approximate surface area is 155 Å². The highest BCUT2D eigenvalue weighted by Crippen LogP contribution is 2.30. The van der Waals surface area contributed by atoms with E-state index in [9.17, 15) is 19.4 Å². The number of benzene rings is 3. The molecule has 0 bridgehead atoms. The third kappa shape index (κ3) is 3.87. The summed E-state index contributed by atoms with van der Waals surface area (Å²) in [5.74, 6) is -2.05. The Morgan fingerprint density at radius 2 is 1.74 bits per heavy atom. The van der Waals surface area contributed by atoms with Crippen molar-refractivity contribution in [2.24, 2.45) is 4.99 Å². The van der Waals surface area contributed by atoms with Gasteiger partial charge in [-0.25, -0.2) is 9.18 Å². The number of halogens is 1. The monoisotopic (exact) mass is 363 g/mol. The molecular weight excluding hydrogens is 345 g/mol. The number of aliphatic carboxylic acids is 1. The molecule has 0 atom stereocenters. The molecule has 0 radical (unpaired) electrons. The molecule has 136 valence electrons. The van der Waals surface area contributed by atoms with Gasteiger partial charge in [0.15, 0.2) is 0 Å². The Kier molecular flexibility index (Phi) is 5.31. The van der Waals surface area contributed by atoms with Crippen LogP contribution < -0.4 is 0 Å². The van der Waals surface area contributed by atoms with E-state index in [1.54, 1.807) is 0 Å². The Morgan fingerprint density at radius 1 is 1.04 bits per heavy atom. The molecule has 0 saturated carbocycles. The van der Waals surface area contributed by atoms with Crippen LogP contribution in [-0.4, -0.2) is 22.4 Å². The van der Waals surface area contributed by atoms with Crippen molar-refractivity contribution < 1.29 is 19.4 Å². The highest BCUT2D eigenvalue weighted by Gasteiger charge is 2.18. The molecule has 0 amide bonds. The molecule has 3 rings (SSSR count). The smallest absolute Gasteiger partial charge is 0.341 e. The Hall–Kier alpha value is -3.47. The van der Waals surface area contributed by atoms with Gasteiger partial charge in [0, 0.05) is 11.8 Å². The standard InChI is InChI=1S/C22H18FNO3/c1-2-14-7-8-15-5-3-4-6-18(15)20(14)21(25)19(22(26)27)13-24-17-11-9-16(23)10-12-17/h3-13,25H,2H2,1H3,(H,26,27). The summed E-state index contributed by atoms with van der Waals surface area (Å²) in [5, 5.41) is 22.1. The topological polar surface area (TPSA) is 69.9 Å². The lowest BCUT2D eigenvalue weighted by Crippen LogP contribution is -2.07. The highest BCUT2D eigenvalue weighted by atomic mass is 19.1. The normalized spacial score (nSPS) is 12.4. The fourth-order valence-electron chi connectivity index (χ4n) is 2.91. The maximum Gasteiger partial charge on any atom is 0.341 e. The van der Waals surface area contributed by atoms with Gasteiger partial charge in [-0.15, -0.1) is 0 Å². The molecule has 0 fully saturated rings. The number of aryl methyl sites for hydroxylation is 1. The predicted molar refractivity (Wildman–Crippen MR) is 105 cm³/mol. The molecule has 0 aliphatic heterocycles. The molecule has 0 spiro atoms. The van der Waals surface area contributed by atoms with E-state index >= 15 is 0 Å². The molecule has 0 aliphatic carbocycles. The summed E-state index contributed by atoms with van der Waals surface area (Å²) in [7, 11) is 0. The number of nitrogens with zero attached hydrogens (tertiary/aromatic N) is 1. The quantitative estimate of drug-likeness (QED) is 0.367. The third-order valence-corrected chi connectivity index (χ3v) is 4.29. The summed E-state index contributed by atoms with van der Waals surface area (Å²) in [6.45, 7) is 1.94. The number of carboxylic acids is 1. The van der Waals surface area contributed by atoms with Crippen LogP contribution in [0.3, 0.4) is 0 Å². The third-order valence-electron chi connectivity index (χ3n) is 4.29. The first-order chi connectivity index (χ1) is 13.0. The number of hydrogen-bond donors (Lipinski definition) is 2. The summed E-state index contributed by atoms with van der Waals surface area (Å²) >= 11 is 0. The molecular formula is C22H18FNO3. The van der Waals surface area contributed by atoms with Crippen molar-refractivity contribution in [1.82, 2.24) is 0 Å². The van der Waals surface area contributed by atoms with Crippen LogP contribution in [0, 0.1) is 5.82 Å². The number of aliphatic imine (C=N–C) groups is 1. The molecule has 4 nitrogen and oxygen atoms in total. The van der Waals surface area contributed by atoms with Gasteiger partial charge in [-0.2, -0.15) is 0 Å². The number of fused-ring (bicyclic) bond motifs is 1. The van der Waals surface area contributed by atoms with Crippen LogP contribution in [0.25, 0.3) is 16.5 Å². The van der Waals surface area contributed by atoms with Crippen molar-refractivity contribution in [2.45, 2.75) is 13.3 Å². The SMILES string of the molecule is CCc1ccc2ccccc2c1C(O)=C(C=Nc1ccc(F)cc1)C(=O)O. The van der Waals surface area contributed by atoms with Crippen LogP contribution in [0.5, 0.6) is 0 Å². The Morgan fingerprint density at radius 3 is 2.41 bits per heavy atom. The summed E-state index contributed by atoms with van der Waals surface area (Å²) in [6, 6.07) is 16.6. The number of rotatable bonds is 5. The average Bonchev–Trinajstić information content (AvgIpc) is 2.68. The minimum atomic E-state index is -1.30. The van der Waals surface area contributed by atoms with Crippen LogP contribution in [0.1, 0.15) is 18.1 Å². The number of aliphatic hydroxyl groups is 1.